The van der Waals surface area contributed by atoms with Crippen molar-refractivity contribution in [1.82, 2.24) is 10.6 Å². The molecule has 2 amide bonds. The first-order valence-electron chi connectivity index (χ1n) is 8.91. The van der Waals surface area contributed by atoms with Gasteiger partial charge in [-0.1, -0.05) is 18.2 Å². The number of methoxy groups -OCH3 is 1. The number of hydrogen-bond acceptors (Lipinski definition) is 5. The third-order valence-corrected chi connectivity index (χ3v) is 4.45. The number of carboxylic acids is 1. The fourth-order valence-electron chi connectivity index (χ4n) is 3.16. The maximum atomic E-state index is 12.8. The maximum Gasteiger partial charge on any atom is 0.338 e. The first-order valence-corrected chi connectivity index (χ1v) is 8.91. The molecular weight excluding hydrogens is 376 g/mol. The number of nitrogens with one attached hydrogen (secondary N) is 2. The number of rotatable bonds is 6. The molecule has 0 radical (unpaired) electrons. The van der Waals surface area contributed by atoms with E-state index in [4.69, 9.17) is 9.47 Å². The van der Waals surface area contributed by atoms with Crippen molar-refractivity contribution in [3.8, 4) is 5.75 Å². The quantitative estimate of drug-likeness (QED) is 0.647. The van der Waals surface area contributed by atoms with Gasteiger partial charge in [-0.3, -0.25) is 0 Å². The first-order chi connectivity index (χ1) is 14.0. The first kappa shape index (κ1) is 19.9. The average Bonchev–Trinajstić information content (AvgIpc) is 2.73. The summed E-state index contributed by atoms with van der Waals surface area (Å²) in [6.07, 6.45) is 0. The summed E-state index contributed by atoms with van der Waals surface area (Å²) in [6.45, 7) is 1.79. The molecule has 29 heavy (non-hydrogen) atoms. The van der Waals surface area contributed by atoms with Gasteiger partial charge in [0.25, 0.3) is 0 Å². The SMILES string of the molecule is CCOC(=O)C1=C(c2ccc(OC)cc2)NC(=O)NC1c1ccccc1C(=O)O. The highest BCUT2D eigenvalue weighted by Crippen LogP contribution is 2.34. The van der Waals surface area contributed by atoms with E-state index in [2.05, 4.69) is 10.6 Å². The summed E-state index contributed by atoms with van der Waals surface area (Å²) < 4.78 is 10.4. The van der Waals surface area contributed by atoms with Crippen molar-refractivity contribution in [2.75, 3.05) is 13.7 Å². The van der Waals surface area contributed by atoms with Crippen molar-refractivity contribution in [3.63, 3.8) is 0 Å². The summed E-state index contributed by atoms with van der Waals surface area (Å²) >= 11 is 0. The lowest BCUT2D eigenvalue weighted by Crippen LogP contribution is -2.45. The molecule has 3 rings (SSSR count). The van der Waals surface area contributed by atoms with Crippen LogP contribution in [-0.2, 0) is 9.53 Å². The van der Waals surface area contributed by atoms with E-state index in [0.717, 1.165) is 0 Å². The number of benzene rings is 2. The van der Waals surface area contributed by atoms with Crippen molar-refractivity contribution in [2.45, 2.75) is 13.0 Å². The molecule has 8 nitrogen and oxygen atoms in total. The molecular formula is C21H20N2O6. The van der Waals surface area contributed by atoms with Crippen LogP contribution < -0.4 is 15.4 Å². The van der Waals surface area contributed by atoms with Crippen LogP contribution in [0.5, 0.6) is 5.75 Å². The van der Waals surface area contributed by atoms with Crippen LogP contribution >= 0.6 is 0 Å². The minimum atomic E-state index is -1.16. The molecule has 8 heteroatoms. The monoisotopic (exact) mass is 396 g/mol. The third-order valence-electron chi connectivity index (χ3n) is 4.45. The lowest BCUT2D eigenvalue weighted by Gasteiger charge is -2.30. The fourth-order valence-corrected chi connectivity index (χ4v) is 3.16. The summed E-state index contributed by atoms with van der Waals surface area (Å²) in [5.41, 5.74) is 1.19. The second-order valence-corrected chi connectivity index (χ2v) is 6.16. The van der Waals surface area contributed by atoms with Gasteiger partial charge < -0.3 is 25.2 Å². The molecule has 2 aromatic carbocycles. The van der Waals surface area contributed by atoms with Crippen molar-refractivity contribution >= 4 is 23.7 Å². The molecule has 150 valence electrons. The Morgan fingerprint density at radius 3 is 2.41 bits per heavy atom. The topological polar surface area (TPSA) is 114 Å². The standard InChI is InChI=1S/C21H20N2O6/c1-3-29-20(26)16-17(12-8-10-13(28-2)11-9-12)22-21(27)23-18(16)14-6-4-5-7-15(14)19(24)25/h4-11,18H,3H2,1-2H3,(H,24,25)(H2,22,23,27). The normalized spacial score (nSPS) is 15.9. The average molecular weight is 396 g/mol. The zero-order valence-electron chi connectivity index (χ0n) is 15.9. The van der Waals surface area contributed by atoms with Crippen LogP contribution in [0.4, 0.5) is 4.79 Å². The van der Waals surface area contributed by atoms with Gasteiger partial charge in [-0.25, -0.2) is 14.4 Å². The lowest BCUT2D eigenvalue weighted by atomic mass is 9.90. The van der Waals surface area contributed by atoms with Crippen LogP contribution in [0.15, 0.2) is 54.1 Å². The Morgan fingerprint density at radius 2 is 1.79 bits per heavy atom. The Kier molecular flexibility index (Phi) is 5.82. The van der Waals surface area contributed by atoms with E-state index >= 15 is 0 Å². The van der Waals surface area contributed by atoms with E-state index in [9.17, 15) is 19.5 Å². The Labute approximate surface area is 167 Å². The van der Waals surface area contributed by atoms with Gasteiger partial charge in [0.15, 0.2) is 0 Å². The minimum absolute atomic E-state index is 0.0180. The van der Waals surface area contributed by atoms with Crippen molar-refractivity contribution in [3.05, 3.63) is 70.8 Å². The predicted octanol–water partition coefficient (Wildman–Crippen LogP) is 2.72. The second-order valence-electron chi connectivity index (χ2n) is 6.16. The van der Waals surface area contributed by atoms with Gasteiger partial charge >= 0.3 is 18.0 Å². The lowest BCUT2D eigenvalue weighted by molar-refractivity contribution is -0.138. The van der Waals surface area contributed by atoms with Crippen molar-refractivity contribution in [2.24, 2.45) is 0 Å². The van der Waals surface area contributed by atoms with Gasteiger partial charge in [0, 0.05) is 0 Å². The smallest absolute Gasteiger partial charge is 0.338 e. The van der Waals surface area contributed by atoms with Crippen LogP contribution in [0.3, 0.4) is 0 Å². The Balaban J connectivity index is 2.22. The fraction of sp³-hybridized carbons (Fsp3) is 0.190. The summed E-state index contributed by atoms with van der Waals surface area (Å²) in [6, 6.07) is 11.4. The van der Waals surface area contributed by atoms with E-state index in [0.29, 0.717) is 11.3 Å². The highest BCUT2D eigenvalue weighted by atomic mass is 16.5. The van der Waals surface area contributed by atoms with E-state index in [1.807, 2.05) is 0 Å². The Morgan fingerprint density at radius 1 is 1.10 bits per heavy atom. The van der Waals surface area contributed by atoms with E-state index in [-0.39, 0.29) is 29.0 Å². The Bertz CT molecular complexity index is 981. The van der Waals surface area contributed by atoms with Crippen LogP contribution in [-0.4, -0.2) is 36.8 Å². The molecule has 0 saturated carbocycles. The van der Waals surface area contributed by atoms with Gasteiger partial charge in [-0.05, 0) is 48.4 Å². The molecule has 0 aliphatic carbocycles. The molecule has 1 aliphatic rings. The maximum absolute atomic E-state index is 12.8. The van der Waals surface area contributed by atoms with Gasteiger partial charge in [-0.15, -0.1) is 0 Å². The molecule has 1 aliphatic heterocycles. The molecule has 0 aromatic heterocycles. The summed E-state index contributed by atoms with van der Waals surface area (Å²) in [7, 11) is 1.53. The minimum Gasteiger partial charge on any atom is -0.497 e. The molecule has 0 saturated heterocycles. The van der Waals surface area contributed by atoms with Crippen molar-refractivity contribution in [1.29, 1.82) is 0 Å². The van der Waals surface area contributed by atoms with Crippen LogP contribution in [0.1, 0.15) is 34.5 Å². The number of urea groups is 1. The van der Waals surface area contributed by atoms with E-state index in [1.165, 1.54) is 13.2 Å². The second kappa shape index (κ2) is 8.47. The number of ether oxygens (including phenoxy) is 2. The number of aromatic carboxylic acids is 1. The van der Waals surface area contributed by atoms with Gasteiger partial charge in [0.1, 0.15) is 5.75 Å². The molecule has 0 spiro atoms. The summed E-state index contributed by atoms with van der Waals surface area (Å²) in [5.74, 6) is -1.21. The number of carboxylic acid groups (broad SMARTS) is 1. The summed E-state index contributed by atoms with van der Waals surface area (Å²) in [4.78, 5) is 36.9. The zero-order valence-corrected chi connectivity index (χ0v) is 15.9. The number of carbonyl (C=O) groups excluding carboxylic acids is 2. The molecule has 3 N–H and O–H groups in total. The number of carbonyl (C=O) groups is 3. The van der Waals surface area contributed by atoms with Gasteiger partial charge in [0.2, 0.25) is 0 Å². The number of esters is 1. The third kappa shape index (κ3) is 4.06. The molecule has 1 unspecified atom stereocenters. The molecule has 0 fully saturated rings. The van der Waals surface area contributed by atoms with Crippen LogP contribution in [0, 0.1) is 0 Å². The molecule has 1 atom stereocenters. The molecule has 0 bridgehead atoms. The number of amides is 2. The highest BCUT2D eigenvalue weighted by Gasteiger charge is 2.36. The molecule has 2 aromatic rings. The van der Waals surface area contributed by atoms with Gasteiger partial charge in [0.05, 0.1) is 36.6 Å². The van der Waals surface area contributed by atoms with Crippen LogP contribution in [0.25, 0.3) is 5.70 Å². The van der Waals surface area contributed by atoms with E-state index in [1.54, 1.807) is 49.4 Å². The van der Waals surface area contributed by atoms with Crippen molar-refractivity contribution < 1.29 is 29.0 Å². The van der Waals surface area contributed by atoms with E-state index < -0.39 is 24.0 Å². The highest BCUT2D eigenvalue weighted by molar-refractivity contribution is 6.05. The predicted molar refractivity (Wildman–Crippen MR) is 104 cm³/mol. The summed E-state index contributed by atoms with van der Waals surface area (Å²) in [5, 5.41) is 14.8. The van der Waals surface area contributed by atoms with Crippen LogP contribution in [0.2, 0.25) is 0 Å². The number of hydrogen-bond donors (Lipinski definition) is 3. The zero-order chi connectivity index (χ0) is 21.0. The molecule has 1 heterocycles. The van der Waals surface area contributed by atoms with Gasteiger partial charge in [-0.2, -0.15) is 0 Å². The largest absolute Gasteiger partial charge is 0.497 e. The Hall–Kier alpha value is -3.81.